The first-order valence-electron chi connectivity index (χ1n) is 4.31. The minimum atomic E-state index is 0.407. The molecule has 11 heavy (non-hydrogen) atoms. The molecule has 0 bridgehead atoms. The number of allylic oxidation sites excluding steroid dienone is 1. The van der Waals surface area contributed by atoms with Crippen LogP contribution in [0.3, 0.4) is 0 Å². The maximum atomic E-state index is 5.32. The maximum Gasteiger partial charge on any atom is 0.104 e. The zero-order valence-corrected chi connectivity index (χ0v) is 6.66. The molecule has 0 aromatic heterocycles. The normalized spacial score (nSPS) is 29.6. The van der Waals surface area contributed by atoms with Crippen molar-refractivity contribution >= 4 is 0 Å². The van der Waals surface area contributed by atoms with Gasteiger partial charge in [-0.05, 0) is 18.8 Å². The van der Waals surface area contributed by atoms with Crippen molar-refractivity contribution in [2.24, 2.45) is 5.92 Å². The Morgan fingerprint density at radius 1 is 1.45 bits per heavy atom. The number of rotatable bonds is 5. The van der Waals surface area contributed by atoms with Crippen LogP contribution >= 0.6 is 0 Å². The van der Waals surface area contributed by atoms with Crippen LogP contribution in [0.2, 0.25) is 0 Å². The molecule has 1 atom stereocenters. The average molecular weight is 154 g/mol. The molecule has 2 heteroatoms. The fourth-order valence-corrected chi connectivity index (χ4v) is 0.968. The molecule has 1 heterocycles. The van der Waals surface area contributed by atoms with Gasteiger partial charge in [0.2, 0.25) is 0 Å². The third-order valence-electron chi connectivity index (χ3n) is 1.95. The van der Waals surface area contributed by atoms with E-state index in [4.69, 9.17) is 9.47 Å². The van der Waals surface area contributed by atoms with E-state index in [1.807, 2.05) is 0 Å². The van der Waals surface area contributed by atoms with Crippen molar-refractivity contribution in [2.45, 2.75) is 18.9 Å². The van der Waals surface area contributed by atoms with Crippen LogP contribution in [0.5, 0.6) is 0 Å². The molecule has 0 radical (unpaired) electrons. The summed E-state index contributed by atoms with van der Waals surface area (Å²) < 4.78 is 10.3. The number of epoxide rings is 1. The molecule has 2 nitrogen and oxygen atoms in total. The van der Waals surface area contributed by atoms with Crippen LogP contribution in [-0.4, -0.2) is 25.9 Å². The van der Waals surface area contributed by atoms with Crippen LogP contribution in [0, 0.1) is 5.92 Å². The molecule has 1 aliphatic heterocycles. The number of hydrogen-bond acceptors (Lipinski definition) is 2. The van der Waals surface area contributed by atoms with Gasteiger partial charge in [0, 0.05) is 0 Å². The summed E-state index contributed by atoms with van der Waals surface area (Å²) in [6.45, 7) is 2.43. The van der Waals surface area contributed by atoms with E-state index >= 15 is 0 Å². The SMILES string of the molecule is C(=CC1CC1)COCC1CO1. The largest absolute Gasteiger partial charge is 0.375 e. The van der Waals surface area contributed by atoms with Crippen LogP contribution in [0.15, 0.2) is 12.2 Å². The Labute approximate surface area is 67.2 Å². The van der Waals surface area contributed by atoms with Crippen LogP contribution < -0.4 is 0 Å². The molecule has 1 aliphatic carbocycles. The fourth-order valence-electron chi connectivity index (χ4n) is 0.968. The van der Waals surface area contributed by atoms with Gasteiger partial charge >= 0.3 is 0 Å². The van der Waals surface area contributed by atoms with Gasteiger partial charge in [-0.1, -0.05) is 12.2 Å². The Balaban J connectivity index is 1.45. The van der Waals surface area contributed by atoms with E-state index in [2.05, 4.69) is 12.2 Å². The Kier molecular flexibility index (Phi) is 2.24. The highest BCUT2D eigenvalue weighted by Gasteiger charge is 2.22. The molecule has 2 aliphatic rings. The standard InChI is InChI=1S/C9H14O2/c1(2-8-3-4-8)5-10-6-9-7-11-9/h1-2,8-9H,3-7H2. The maximum absolute atomic E-state index is 5.32. The lowest BCUT2D eigenvalue weighted by Crippen LogP contribution is -2.00. The van der Waals surface area contributed by atoms with E-state index in [0.29, 0.717) is 6.10 Å². The molecule has 1 saturated heterocycles. The van der Waals surface area contributed by atoms with Crippen LogP contribution in [0.25, 0.3) is 0 Å². The number of ether oxygens (including phenoxy) is 2. The third kappa shape index (κ3) is 3.04. The topological polar surface area (TPSA) is 21.8 Å². The Bertz CT molecular complexity index is 146. The molecule has 1 saturated carbocycles. The first-order valence-corrected chi connectivity index (χ1v) is 4.31. The second-order valence-electron chi connectivity index (χ2n) is 3.26. The van der Waals surface area contributed by atoms with Gasteiger partial charge in [-0.25, -0.2) is 0 Å². The van der Waals surface area contributed by atoms with Gasteiger partial charge < -0.3 is 9.47 Å². The second-order valence-corrected chi connectivity index (χ2v) is 3.26. The van der Waals surface area contributed by atoms with E-state index in [0.717, 1.165) is 25.7 Å². The third-order valence-corrected chi connectivity index (χ3v) is 1.95. The molecule has 1 unspecified atom stereocenters. The van der Waals surface area contributed by atoms with Gasteiger partial charge in [0.15, 0.2) is 0 Å². The summed E-state index contributed by atoms with van der Waals surface area (Å²) in [5.74, 6) is 0.871. The lowest BCUT2D eigenvalue weighted by molar-refractivity contribution is 0.140. The zero-order chi connectivity index (χ0) is 7.52. The molecule has 0 aromatic carbocycles. The monoisotopic (exact) mass is 154 g/mol. The van der Waals surface area contributed by atoms with Crippen molar-refractivity contribution in [3.63, 3.8) is 0 Å². The average Bonchev–Trinajstić information content (AvgIpc) is 2.83. The van der Waals surface area contributed by atoms with Crippen LogP contribution in [-0.2, 0) is 9.47 Å². The summed E-state index contributed by atoms with van der Waals surface area (Å²) in [6.07, 6.45) is 7.54. The Morgan fingerprint density at radius 3 is 2.91 bits per heavy atom. The van der Waals surface area contributed by atoms with Gasteiger partial charge in [-0.3, -0.25) is 0 Å². The summed E-state index contributed by atoms with van der Waals surface area (Å²) >= 11 is 0. The van der Waals surface area contributed by atoms with Crippen molar-refractivity contribution in [1.82, 2.24) is 0 Å². The van der Waals surface area contributed by atoms with Crippen LogP contribution in [0.1, 0.15) is 12.8 Å². The lowest BCUT2D eigenvalue weighted by Gasteiger charge is -1.94. The molecule has 0 amide bonds. The van der Waals surface area contributed by atoms with Gasteiger partial charge in [0.05, 0.1) is 19.8 Å². The summed E-state index contributed by atoms with van der Waals surface area (Å²) in [5, 5.41) is 0. The molecule has 0 aromatic rings. The van der Waals surface area contributed by atoms with Crippen molar-refractivity contribution in [2.75, 3.05) is 19.8 Å². The highest BCUT2D eigenvalue weighted by Crippen LogP contribution is 2.29. The fraction of sp³-hybridized carbons (Fsp3) is 0.778. The lowest BCUT2D eigenvalue weighted by atomic mass is 10.4. The minimum Gasteiger partial charge on any atom is -0.375 e. The van der Waals surface area contributed by atoms with E-state index in [1.165, 1.54) is 12.8 Å². The van der Waals surface area contributed by atoms with Crippen molar-refractivity contribution in [3.05, 3.63) is 12.2 Å². The highest BCUT2D eigenvalue weighted by molar-refractivity contribution is 4.95. The predicted molar refractivity (Wildman–Crippen MR) is 42.4 cm³/mol. The van der Waals surface area contributed by atoms with Crippen molar-refractivity contribution in [1.29, 1.82) is 0 Å². The molecule has 2 rings (SSSR count). The van der Waals surface area contributed by atoms with Crippen molar-refractivity contribution in [3.8, 4) is 0 Å². The van der Waals surface area contributed by atoms with Gasteiger partial charge in [-0.2, -0.15) is 0 Å². The van der Waals surface area contributed by atoms with Gasteiger partial charge in [0.25, 0.3) is 0 Å². The highest BCUT2D eigenvalue weighted by atomic mass is 16.6. The van der Waals surface area contributed by atoms with Crippen molar-refractivity contribution < 1.29 is 9.47 Å². The van der Waals surface area contributed by atoms with E-state index in [1.54, 1.807) is 0 Å². The summed E-state index contributed by atoms with van der Waals surface area (Å²) in [5.41, 5.74) is 0. The van der Waals surface area contributed by atoms with Gasteiger partial charge in [-0.15, -0.1) is 0 Å². The Morgan fingerprint density at radius 2 is 2.27 bits per heavy atom. The van der Waals surface area contributed by atoms with E-state index in [-0.39, 0.29) is 0 Å². The number of hydrogen-bond donors (Lipinski definition) is 0. The predicted octanol–water partition coefficient (Wildman–Crippen LogP) is 1.37. The van der Waals surface area contributed by atoms with Crippen LogP contribution in [0.4, 0.5) is 0 Å². The minimum absolute atomic E-state index is 0.407. The summed E-state index contributed by atoms with van der Waals surface area (Å²) in [7, 11) is 0. The smallest absolute Gasteiger partial charge is 0.104 e. The first-order chi connectivity index (χ1) is 5.45. The summed E-state index contributed by atoms with van der Waals surface area (Å²) in [4.78, 5) is 0. The summed E-state index contributed by atoms with van der Waals surface area (Å²) in [6, 6.07) is 0. The quantitative estimate of drug-likeness (QED) is 0.339. The molecule has 62 valence electrons. The van der Waals surface area contributed by atoms with E-state index < -0.39 is 0 Å². The second kappa shape index (κ2) is 3.37. The molecular formula is C9H14O2. The molecular weight excluding hydrogens is 140 g/mol. The van der Waals surface area contributed by atoms with E-state index in [9.17, 15) is 0 Å². The first kappa shape index (κ1) is 7.32. The molecule has 0 spiro atoms. The molecule has 2 fully saturated rings. The Hall–Kier alpha value is -0.340. The zero-order valence-electron chi connectivity index (χ0n) is 6.66. The molecule has 0 N–H and O–H groups in total. The van der Waals surface area contributed by atoms with Gasteiger partial charge in [0.1, 0.15) is 6.10 Å².